The summed E-state index contributed by atoms with van der Waals surface area (Å²) in [5.41, 5.74) is 1.40. The van der Waals surface area contributed by atoms with Gasteiger partial charge < -0.3 is 5.11 Å². The van der Waals surface area contributed by atoms with Crippen LogP contribution >= 0.6 is 0 Å². The Labute approximate surface area is 106 Å². The molecule has 1 N–H and O–H groups in total. The second-order valence-electron chi connectivity index (χ2n) is 5.14. The van der Waals surface area contributed by atoms with E-state index in [1.54, 1.807) is 0 Å². The molecule has 2 atom stereocenters. The van der Waals surface area contributed by atoms with Crippen molar-refractivity contribution in [2.45, 2.75) is 58.5 Å². The van der Waals surface area contributed by atoms with Crippen molar-refractivity contribution in [1.82, 2.24) is 0 Å². The molecule has 0 spiro atoms. The van der Waals surface area contributed by atoms with E-state index in [-0.39, 0.29) is 6.10 Å². The fraction of sp³-hybridized carbons (Fsp3) is 0.625. The zero-order valence-electron chi connectivity index (χ0n) is 11.2. The number of unbranched alkanes of at least 4 members (excludes halogenated alkanes) is 2. The van der Waals surface area contributed by atoms with Gasteiger partial charge in [-0.3, -0.25) is 0 Å². The van der Waals surface area contributed by atoms with Crippen molar-refractivity contribution < 1.29 is 5.11 Å². The van der Waals surface area contributed by atoms with Crippen LogP contribution in [0.1, 0.15) is 51.5 Å². The third kappa shape index (κ3) is 6.48. The van der Waals surface area contributed by atoms with Gasteiger partial charge in [-0.25, -0.2) is 0 Å². The lowest BCUT2D eigenvalue weighted by molar-refractivity contribution is 0.156. The molecular weight excluding hydrogens is 208 g/mol. The summed E-state index contributed by atoms with van der Waals surface area (Å²) in [5.74, 6) is 0.629. The lowest BCUT2D eigenvalue weighted by Gasteiger charge is -2.18. The van der Waals surface area contributed by atoms with Crippen molar-refractivity contribution in [2.75, 3.05) is 0 Å². The van der Waals surface area contributed by atoms with Crippen LogP contribution in [0.5, 0.6) is 0 Å². The van der Waals surface area contributed by atoms with Gasteiger partial charge in [-0.05, 0) is 31.2 Å². The number of hydrogen-bond acceptors (Lipinski definition) is 1. The molecule has 0 saturated heterocycles. The van der Waals surface area contributed by atoms with Crippen LogP contribution in [0.4, 0.5) is 0 Å². The molecule has 2 unspecified atom stereocenters. The lowest BCUT2D eigenvalue weighted by Crippen LogP contribution is -2.12. The van der Waals surface area contributed by atoms with Crippen molar-refractivity contribution in [3.63, 3.8) is 0 Å². The molecule has 1 heteroatoms. The minimum Gasteiger partial charge on any atom is -0.393 e. The summed E-state index contributed by atoms with van der Waals surface area (Å²) in [7, 11) is 0. The van der Waals surface area contributed by atoms with Gasteiger partial charge in [0.2, 0.25) is 0 Å². The van der Waals surface area contributed by atoms with Gasteiger partial charge in [0.05, 0.1) is 6.10 Å². The summed E-state index contributed by atoms with van der Waals surface area (Å²) >= 11 is 0. The molecule has 17 heavy (non-hydrogen) atoms. The van der Waals surface area contributed by atoms with Gasteiger partial charge in [-0.2, -0.15) is 0 Å². The molecule has 1 rings (SSSR count). The summed E-state index contributed by atoms with van der Waals surface area (Å²) in [6.45, 7) is 4.14. The van der Waals surface area contributed by atoms with Crippen LogP contribution in [-0.4, -0.2) is 11.2 Å². The van der Waals surface area contributed by atoms with Gasteiger partial charge in [-0.1, -0.05) is 62.9 Å². The Balaban J connectivity index is 2.45. The van der Waals surface area contributed by atoms with E-state index in [2.05, 4.69) is 37.3 Å². The number of aliphatic hydroxyl groups excluding tert-OH is 1. The molecule has 0 aliphatic rings. The van der Waals surface area contributed by atoms with E-state index in [0.29, 0.717) is 5.92 Å². The highest BCUT2D eigenvalue weighted by atomic mass is 16.3. The first-order chi connectivity index (χ1) is 8.22. The normalized spacial score (nSPS) is 14.5. The average molecular weight is 234 g/mol. The lowest BCUT2D eigenvalue weighted by atomic mass is 9.89. The predicted octanol–water partition coefficient (Wildman–Crippen LogP) is 4.20. The molecule has 96 valence electrons. The van der Waals surface area contributed by atoms with E-state index in [1.165, 1.54) is 31.2 Å². The molecule has 0 fully saturated rings. The fourth-order valence-corrected chi connectivity index (χ4v) is 2.42. The van der Waals surface area contributed by atoms with E-state index < -0.39 is 0 Å². The Hall–Kier alpha value is -0.820. The summed E-state index contributed by atoms with van der Waals surface area (Å²) < 4.78 is 0. The molecule has 0 bridgehead atoms. The number of rotatable bonds is 8. The van der Waals surface area contributed by atoms with Crippen molar-refractivity contribution in [3.05, 3.63) is 35.9 Å². The van der Waals surface area contributed by atoms with E-state index in [1.807, 2.05) is 6.92 Å². The first-order valence-electron chi connectivity index (χ1n) is 6.94. The Morgan fingerprint density at radius 1 is 1.12 bits per heavy atom. The number of benzene rings is 1. The standard InChI is InChI=1S/C16H26O/c1-3-4-6-11-16(12-14(2)17)13-15-9-7-5-8-10-15/h5,7-10,14,16-17H,3-4,6,11-13H2,1-2H3. The minimum absolute atomic E-state index is 0.176. The largest absolute Gasteiger partial charge is 0.393 e. The second-order valence-corrected chi connectivity index (χ2v) is 5.14. The predicted molar refractivity (Wildman–Crippen MR) is 74.1 cm³/mol. The van der Waals surface area contributed by atoms with Crippen LogP contribution in [0.15, 0.2) is 30.3 Å². The molecule has 0 saturated carbocycles. The average Bonchev–Trinajstić information content (AvgIpc) is 2.30. The zero-order chi connectivity index (χ0) is 12.5. The highest BCUT2D eigenvalue weighted by Gasteiger charge is 2.12. The second kappa shape index (κ2) is 8.30. The fourth-order valence-electron chi connectivity index (χ4n) is 2.42. The van der Waals surface area contributed by atoms with Gasteiger partial charge in [0.15, 0.2) is 0 Å². The van der Waals surface area contributed by atoms with Gasteiger partial charge in [0.25, 0.3) is 0 Å². The maximum absolute atomic E-state index is 9.56. The van der Waals surface area contributed by atoms with E-state index in [4.69, 9.17) is 0 Å². The number of aliphatic hydroxyl groups is 1. The van der Waals surface area contributed by atoms with Crippen molar-refractivity contribution in [1.29, 1.82) is 0 Å². The van der Waals surface area contributed by atoms with Crippen LogP contribution in [0.3, 0.4) is 0 Å². The third-order valence-corrected chi connectivity index (χ3v) is 3.26. The third-order valence-electron chi connectivity index (χ3n) is 3.26. The van der Waals surface area contributed by atoms with Gasteiger partial charge in [0.1, 0.15) is 0 Å². The van der Waals surface area contributed by atoms with E-state index >= 15 is 0 Å². The SMILES string of the molecule is CCCCCC(Cc1ccccc1)CC(C)O. The summed E-state index contributed by atoms with van der Waals surface area (Å²) in [6, 6.07) is 10.6. The van der Waals surface area contributed by atoms with Gasteiger partial charge in [0, 0.05) is 0 Å². The molecule has 0 aromatic heterocycles. The zero-order valence-corrected chi connectivity index (χ0v) is 11.2. The summed E-state index contributed by atoms with van der Waals surface area (Å²) in [5, 5.41) is 9.56. The van der Waals surface area contributed by atoms with Crippen LogP contribution in [0, 0.1) is 5.92 Å². The van der Waals surface area contributed by atoms with E-state index in [0.717, 1.165) is 12.8 Å². The van der Waals surface area contributed by atoms with Crippen molar-refractivity contribution >= 4 is 0 Å². The first kappa shape index (κ1) is 14.2. The quantitative estimate of drug-likeness (QED) is 0.668. The molecule has 1 nitrogen and oxygen atoms in total. The van der Waals surface area contributed by atoms with Crippen LogP contribution < -0.4 is 0 Å². The molecule has 0 heterocycles. The smallest absolute Gasteiger partial charge is 0.0514 e. The van der Waals surface area contributed by atoms with Crippen LogP contribution in [-0.2, 0) is 6.42 Å². The molecular formula is C16H26O. The van der Waals surface area contributed by atoms with E-state index in [9.17, 15) is 5.11 Å². The van der Waals surface area contributed by atoms with Crippen LogP contribution in [0.2, 0.25) is 0 Å². The van der Waals surface area contributed by atoms with Crippen molar-refractivity contribution in [2.24, 2.45) is 5.92 Å². The Kier molecular flexibility index (Phi) is 6.95. The maximum atomic E-state index is 9.56. The molecule has 1 aromatic rings. The maximum Gasteiger partial charge on any atom is 0.0514 e. The Morgan fingerprint density at radius 2 is 1.82 bits per heavy atom. The highest BCUT2D eigenvalue weighted by molar-refractivity contribution is 5.15. The highest BCUT2D eigenvalue weighted by Crippen LogP contribution is 2.20. The number of hydrogen-bond donors (Lipinski definition) is 1. The van der Waals surface area contributed by atoms with Gasteiger partial charge >= 0.3 is 0 Å². The summed E-state index contributed by atoms with van der Waals surface area (Å²) in [6.07, 6.45) is 6.98. The minimum atomic E-state index is -0.176. The van der Waals surface area contributed by atoms with Crippen molar-refractivity contribution in [3.8, 4) is 0 Å². The molecule has 0 amide bonds. The Bertz CT molecular complexity index is 279. The summed E-state index contributed by atoms with van der Waals surface area (Å²) in [4.78, 5) is 0. The topological polar surface area (TPSA) is 20.2 Å². The monoisotopic (exact) mass is 234 g/mol. The molecule has 0 aliphatic carbocycles. The first-order valence-corrected chi connectivity index (χ1v) is 6.94. The molecule has 0 radical (unpaired) electrons. The van der Waals surface area contributed by atoms with Gasteiger partial charge in [-0.15, -0.1) is 0 Å². The molecule has 0 aliphatic heterocycles. The van der Waals surface area contributed by atoms with Crippen LogP contribution in [0.25, 0.3) is 0 Å². The molecule has 1 aromatic carbocycles. The Morgan fingerprint density at radius 3 is 2.41 bits per heavy atom.